The largest absolute Gasteiger partial charge is 0.383 e. The lowest BCUT2D eigenvalue weighted by Crippen LogP contribution is -2.39. The lowest BCUT2D eigenvalue weighted by atomic mass is 10.1. The molecule has 1 aromatic rings. The highest BCUT2D eigenvalue weighted by atomic mass is 79.9. The summed E-state index contributed by atoms with van der Waals surface area (Å²) in [6, 6.07) is 8.44. The summed E-state index contributed by atoms with van der Waals surface area (Å²) in [4.78, 5) is 2.32. The molecule has 1 aromatic carbocycles. The van der Waals surface area contributed by atoms with Gasteiger partial charge in [-0.2, -0.15) is 5.26 Å². The van der Waals surface area contributed by atoms with Gasteiger partial charge in [0.15, 0.2) is 0 Å². The molecule has 1 aliphatic heterocycles. The van der Waals surface area contributed by atoms with Crippen LogP contribution in [0, 0.1) is 11.3 Å². The fourth-order valence-corrected chi connectivity index (χ4v) is 3.15. The molecule has 1 aliphatic rings. The van der Waals surface area contributed by atoms with Crippen molar-refractivity contribution in [2.45, 2.75) is 18.9 Å². The number of ether oxygens (including phenoxy) is 1. The van der Waals surface area contributed by atoms with E-state index in [-0.39, 0.29) is 0 Å². The maximum absolute atomic E-state index is 8.95. The average Bonchev–Trinajstić information content (AvgIpc) is 2.96. The van der Waals surface area contributed by atoms with E-state index in [1.807, 2.05) is 18.2 Å². The Kier molecular flexibility index (Phi) is 5.84. The van der Waals surface area contributed by atoms with Crippen LogP contribution in [-0.2, 0) is 4.74 Å². The van der Waals surface area contributed by atoms with Gasteiger partial charge in [-0.3, -0.25) is 0 Å². The van der Waals surface area contributed by atoms with Crippen molar-refractivity contribution in [3.05, 3.63) is 28.2 Å². The van der Waals surface area contributed by atoms with E-state index in [4.69, 9.17) is 10.00 Å². The van der Waals surface area contributed by atoms with E-state index in [1.54, 1.807) is 7.11 Å². The summed E-state index contributed by atoms with van der Waals surface area (Å²) in [6.45, 7) is 3.61. The first-order valence-corrected chi connectivity index (χ1v) is 7.71. The van der Waals surface area contributed by atoms with Gasteiger partial charge in [0.1, 0.15) is 0 Å². The second kappa shape index (κ2) is 7.63. The van der Waals surface area contributed by atoms with E-state index in [0.717, 1.165) is 29.8 Å². The third-order valence-corrected chi connectivity index (χ3v) is 4.22. The minimum atomic E-state index is 0.536. The Morgan fingerprint density at radius 2 is 2.40 bits per heavy atom. The maximum Gasteiger partial charge on any atom is 0.0992 e. The predicted octanol–water partition coefficient (Wildman–Crippen LogP) is 2.53. The highest BCUT2D eigenvalue weighted by molar-refractivity contribution is 9.10. The van der Waals surface area contributed by atoms with Crippen LogP contribution in [0.25, 0.3) is 0 Å². The van der Waals surface area contributed by atoms with Gasteiger partial charge in [-0.25, -0.2) is 0 Å². The minimum Gasteiger partial charge on any atom is -0.383 e. The van der Waals surface area contributed by atoms with Gasteiger partial charge >= 0.3 is 0 Å². The smallest absolute Gasteiger partial charge is 0.0992 e. The molecular weight excluding hydrogens is 318 g/mol. The summed E-state index contributed by atoms with van der Waals surface area (Å²) in [5, 5.41) is 12.5. The molecule has 2 rings (SSSR count). The van der Waals surface area contributed by atoms with Crippen molar-refractivity contribution in [2.75, 3.05) is 38.3 Å². The van der Waals surface area contributed by atoms with Crippen LogP contribution in [0.2, 0.25) is 0 Å². The van der Waals surface area contributed by atoms with E-state index >= 15 is 0 Å². The van der Waals surface area contributed by atoms with Crippen molar-refractivity contribution in [3.8, 4) is 6.07 Å². The number of benzene rings is 1. The second-order valence-electron chi connectivity index (χ2n) is 5.01. The van der Waals surface area contributed by atoms with Crippen molar-refractivity contribution < 1.29 is 4.74 Å². The summed E-state index contributed by atoms with van der Waals surface area (Å²) in [6.07, 6.45) is 2.47. The molecule has 0 aromatic heterocycles. The molecule has 1 N–H and O–H groups in total. The number of nitriles is 1. The summed E-state index contributed by atoms with van der Waals surface area (Å²) < 4.78 is 6.18. The Balaban J connectivity index is 2.14. The van der Waals surface area contributed by atoms with E-state index in [9.17, 15) is 0 Å². The third-order valence-electron chi connectivity index (χ3n) is 3.59. The summed E-state index contributed by atoms with van der Waals surface area (Å²) in [5.74, 6) is 0. The SMILES string of the molecule is COCCN(CC1CCCN1)c1ccc(C#N)cc1Br. The van der Waals surface area contributed by atoms with Crippen molar-refractivity contribution in [1.29, 1.82) is 5.26 Å². The Hall–Kier alpha value is -1.09. The zero-order valence-electron chi connectivity index (χ0n) is 11.7. The van der Waals surface area contributed by atoms with E-state index in [1.165, 1.54) is 12.8 Å². The first-order chi connectivity index (χ1) is 9.74. The zero-order valence-corrected chi connectivity index (χ0v) is 13.3. The molecule has 1 atom stereocenters. The molecule has 4 nitrogen and oxygen atoms in total. The van der Waals surface area contributed by atoms with Crippen LogP contribution >= 0.6 is 15.9 Å². The molecular formula is C15H20BrN3O. The fourth-order valence-electron chi connectivity index (χ4n) is 2.52. The number of methoxy groups -OCH3 is 1. The monoisotopic (exact) mass is 337 g/mol. The molecule has 0 bridgehead atoms. The molecule has 5 heteroatoms. The van der Waals surface area contributed by atoms with Gasteiger partial charge < -0.3 is 15.0 Å². The Labute approximate surface area is 128 Å². The number of nitrogens with zero attached hydrogens (tertiary/aromatic N) is 2. The third kappa shape index (κ3) is 3.95. The van der Waals surface area contributed by atoms with Crippen LogP contribution in [0.4, 0.5) is 5.69 Å². The molecule has 1 saturated heterocycles. The first kappa shape index (κ1) is 15.3. The molecule has 1 fully saturated rings. The average molecular weight is 338 g/mol. The number of hydrogen-bond donors (Lipinski definition) is 1. The van der Waals surface area contributed by atoms with Crippen LogP contribution < -0.4 is 10.2 Å². The number of rotatable bonds is 6. The quantitative estimate of drug-likeness (QED) is 0.866. The summed E-state index contributed by atoms with van der Waals surface area (Å²) in [5.41, 5.74) is 1.79. The lowest BCUT2D eigenvalue weighted by Gasteiger charge is -2.28. The van der Waals surface area contributed by atoms with Gasteiger partial charge in [0.2, 0.25) is 0 Å². The van der Waals surface area contributed by atoms with Crippen molar-refractivity contribution in [1.82, 2.24) is 5.32 Å². The van der Waals surface area contributed by atoms with Crippen LogP contribution in [0.15, 0.2) is 22.7 Å². The number of anilines is 1. The topological polar surface area (TPSA) is 48.3 Å². The first-order valence-electron chi connectivity index (χ1n) is 6.91. The maximum atomic E-state index is 8.95. The highest BCUT2D eigenvalue weighted by Crippen LogP contribution is 2.28. The molecule has 0 amide bonds. The molecule has 0 aliphatic carbocycles. The van der Waals surface area contributed by atoms with E-state index < -0.39 is 0 Å². The number of nitrogens with one attached hydrogen (secondary N) is 1. The molecule has 0 spiro atoms. The molecule has 1 unspecified atom stereocenters. The number of hydrogen-bond acceptors (Lipinski definition) is 4. The van der Waals surface area contributed by atoms with Crippen molar-refractivity contribution >= 4 is 21.6 Å². The molecule has 108 valence electrons. The van der Waals surface area contributed by atoms with Gasteiger partial charge in [-0.1, -0.05) is 0 Å². The normalized spacial score (nSPS) is 17.9. The molecule has 1 heterocycles. The van der Waals surface area contributed by atoms with Crippen LogP contribution in [-0.4, -0.2) is 39.4 Å². The lowest BCUT2D eigenvalue weighted by molar-refractivity contribution is 0.204. The second-order valence-corrected chi connectivity index (χ2v) is 5.86. The van der Waals surface area contributed by atoms with Gasteiger partial charge in [0, 0.05) is 30.7 Å². The minimum absolute atomic E-state index is 0.536. The van der Waals surface area contributed by atoms with Gasteiger partial charge in [0.05, 0.1) is 23.9 Å². The van der Waals surface area contributed by atoms with E-state index in [0.29, 0.717) is 18.2 Å². The molecule has 0 saturated carbocycles. The van der Waals surface area contributed by atoms with E-state index in [2.05, 4.69) is 32.2 Å². The van der Waals surface area contributed by atoms with Crippen molar-refractivity contribution in [3.63, 3.8) is 0 Å². The molecule has 0 radical (unpaired) electrons. The van der Waals surface area contributed by atoms with Gasteiger partial charge in [0.25, 0.3) is 0 Å². The Morgan fingerprint density at radius 1 is 1.55 bits per heavy atom. The molecule has 20 heavy (non-hydrogen) atoms. The van der Waals surface area contributed by atoms with Gasteiger partial charge in [-0.15, -0.1) is 0 Å². The van der Waals surface area contributed by atoms with Crippen LogP contribution in [0.5, 0.6) is 0 Å². The van der Waals surface area contributed by atoms with Crippen LogP contribution in [0.3, 0.4) is 0 Å². The Bertz CT molecular complexity index is 480. The fraction of sp³-hybridized carbons (Fsp3) is 0.533. The number of halogens is 1. The highest BCUT2D eigenvalue weighted by Gasteiger charge is 2.19. The predicted molar refractivity (Wildman–Crippen MR) is 84.0 cm³/mol. The van der Waals surface area contributed by atoms with Crippen molar-refractivity contribution in [2.24, 2.45) is 0 Å². The van der Waals surface area contributed by atoms with Gasteiger partial charge in [-0.05, 0) is 53.5 Å². The zero-order chi connectivity index (χ0) is 14.4. The summed E-state index contributed by atoms with van der Waals surface area (Å²) >= 11 is 3.58. The van der Waals surface area contributed by atoms with Crippen LogP contribution in [0.1, 0.15) is 18.4 Å². The summed E-state index contributed by atoms with van der Waals surface area (Å²) in [7, 11) is 1.72. The standard InChI is InChI=1S/C15H20BrN3O/c1-20-8-7-19(11-13-3-2-6-18-13)15-5-4-12(10-17)9-14(15)16/h4-5,9,13,18H,2-3,6-8,11H2,1H3. The Morgan fingerprint density at radius 3 is 3.00 bits per heavy atom.